The maximum absolute atomic E-state index is 12.3. The molecule has 7 nitrogen and oxygen atoms in total. The van der Waals surface area contributed by atoms with Gasteiger partial charge in [-0.1, -0.05) is 35.5 Å². The van der Waals surface area contributed by atoms with Crippen LogP contribution in [0.1, 0.15) is 12.8 Å². The van der Waals surface area contributed by atoms with Gasteiger partial charge in [0, 0.05) is 5.56 Å². The zero-order valence-electron chi connectivity index (χ0n) is 13.5. The molecule has 130 valence electrons. The molecular formula is C17H17N3O4S. The average molecular weight is 359 g/mol. The van der Waals surface area contributed by atoms with E-state index in [2.05, 4.69) is 14.9 Å². The molecular weight excluding hydrogens is 342 g/mol. The molecule has 1 aromatic heterocycles. The van der Waals surface area contributed by atoms with Crippen LogP contribution in [0.3, 0.4) is 0 Å². The highest BCUT2D eigenvalue weighted by Crippen LogP contribution is 2.17. The van der Waals surface area contributed by atoms with Crippen LogP contribution in [-0.4, -0.2) is 25.2 Å². The predicted molar refractivity (Wildman–Crippen MR) is 91.4 cm³/mol. The maximum atomic E-state index is 12.3. The molecule has 0 atom stereocenters. The minimum absolute atomic E-state index is 0.0879. The van der Waals surface area contributed by atoms with Crippen LogP contribution >= 0.6 is 0 Å². The number of rotatable bonds is 7. The minimum Gasteiger partial charge on any atom is -0.494 e. The third-order valence-corrected chi connectivity index (χ3v) is 4.78. The van der Waals surface area contributed by atoms with Gasteiger partial charge in [0.2, 0.25) is 21.7 Å². The number of ether oxygens (including phenoxy) is 1. The molecule has 0 spiro atoms. The summed E-state index contributed by atoms with van der Waals surface area (Å²) >= 11 is 0. The van der Waals surface area contributed by atoms with E-state index in [4.69, 9.17) is 9.26 Å². The molecule has 1 N–H and O–H groups in total. The Hall–Kier alpha value is -2.71. The number of hydrogen-bond acceptors (Lipinski definition) is 6. The molecule has 2 aromatic carbocycles. The van der Waals surface area contributed by atoms with Crippen molar-refractivity contribution >= 4 is 10.0 Å². The monoisotopic (exact) mass is 359 g/mol. The molecule has 3 rings (SSSR count). The molecule has 0 aliphatic heterocycles. The fourth-order valence-electron chi connectivity index (χ4n) is 2.15. The molecule has 0 bridgehead atoms. The molecule has 0 amide bonds. The lowest BCUT2D eigenvalue weighted by molar-refractivity contribution is 0.340. The molecule has 0 saturated carbocycles. The quantitative estimate of drug-likeness (QED) is 0.697. The Morgan fingerprint density at radius 2 is 1.80 bits per heavy atom. The zero-order valence-corrected chi connectivity index (χ0v) is 14.4. The van der Waals surface area contributed by atoms with Crippen LogP contribution < -0.4 is 9.46 Å². The third kappa shape index (κ3) is 4.23. The second-order valence-electron chi connectivity index (χ2n) is 5.11. The van der Waals surface area contributed by atoms with E-state index >= 15 is 0 Å². The Kier molecular flexibility index (Phi) is 5.11. The Bertz CT molecular complexity index is 922. The van der Waals surface area contributed by atoms with Crippen LogP contribution in [0.15, 0.2) is 64.0 Å². The molecule has 25 heavy (non-hydrogen) atoms. The van der Waals surface area contributed by atoms with Gasteiger partial charge in [-0.3, -0.25) is 0 Å². The Morgan fingerprint density at radius 1 is 1.08 bits per heavy atom. The number of nitrogens with one attached hydrogen (secondary N) is 1. The van der Waals surface area contributed by atoms with Gasteiger partial charge >= 0.3 is 0 Å². The zero-order chi connectivity index (χ0) is 17.7. The van der Waals surface area contributed by atoms with Gasteiger partial charge in [0.15, 0.2) is 0 Å². The summed E-state index contributed by atoms with van der Waals surface area (Å²) in [6.07, 6.45) is 0. The summed E-state index contributed by atoms with van der Waals surface area (Å²) in [5.41, 5.74) is 0.798. The molecule has 0 radical (unpaired) electrons. The predicted octanol–water partition coefficient (Wildman–Crippen LogP) is 2.61. The summed E-state index contributed by atoms with van der Waals surface area (Å²) in [4.78, 5) is 4.33. The van der Waals surface area contributed by atoms with Gasteiger partial charge < -0.3 is 9.26 Å². The Morgan fingerprint density at radius 3 is 2.48 bits per heavy atom. The van der Waals surface area contributed by atoms with Crippen molar-refractivity contribution < 1.29 is 17.7 Å². The van der Waals surface area contributed by atoms with E-state index in [1.807, 2.05) is 37.3 Å². The molecule has 0 aliphatic rings. The summed E-state index contributed by atoms with van der Waals surface area (Å²) < 4.78 is 37.5. The molecule has 8 heteroatoms. The number of benzene rings is 2. The van der Waals surface area contributed by atoms with Crippen LogP contribution in [0.25, 0.3) is 11.4 Å². The maximum Gasteiger partial charge on any atom is 0.242 e. The first-order chi connectivity index (χ1) is 12.1. The van der Waals surface area contributed by atoms with Crippen LogP contribution in [-0.2, 0) is 16.6 Å². The second kappa shape index (κ2) is 7.45. The average Bonchev–Trinajstić information content (AvgIpc) is 3.11. The van der Waals surface area contributed by atoms with E-state index in [-0.39, 0.29) is 17.3 Å². The third-order valence-electron chi connectivity index (χ3n) is 3.36. The number of aromatic nitrogens is 2. The summed E-state index contributed by atoms with van der Waals surface area (Å²) in [7, 11) is -3.68. The lowest BCUT2D eigenvalue weighted by Gasteiger charge is -2.06. The van der Waals surface area contributed by atoms with Crippen molar-refractivity contribution in [2.45, 2.75) is 18.4 Å². The van der Waals surface area contributed by atoms with Gasteiger partial charge in [-0.25, -0.2) is 13.1 Å². The molecule has 0 fully saturated rings. The van der Waals surface area contributed by atoms with Gasteiger partial charge in [0.25, 0.3) is 0 Å². The highest BCUT2D eigenvalue weighted by molar-refractivity contribution is 7.89. The van der Waals surface area contributed by atoms with Crippen LogP contribution in [0.2, 0.25) is 0 Å². The normalized spacial score (nSPS) is 11.4. The van der Waals surface area contributed by atoms with Crippen molar-refractivity contribution in [2.75, 3.05) is 6.61 Å². The van der Waals surface area contributed by atoms with E-state index in [9.17, 15) is 8.42 Å². The summed E-state index contributed by atoms with van der Waals surface area (Å²) in [6, 6.07) is 15.5. The first-order valence-corrected chi connectivity index (χ1v) is 9.17. The fraction of sp³-hybridized carbons (Fsp3) is 0.176. The SMILES string of the molecule is CCOc1ccc(S(=O)(=O)NCc2nc(-c3ccccc3)no2)cc1. The number of hydrogen-bond donors (Lipinski definition) is 1. The molecule has 1 heterocycles. The van der Waals surface area contributed by atoms with Gasteiger partial charge in [-0.2, -0.15) is 4.98 Å². The van der Waals surface area contributed by atoms with Crippen LogP contribution in [0, 0.1) is 0 Å². The Labute approximate surface area is 145 Å². The highest BCUT2D eigenvalue weighted by Gasteiger charge is 2.16. The molecule has 0 aliphatic carbocycles. The molecule has 0 saturated heterocycles. The highest BCUT2D eigenvalue weighted by atomic mass is 32.2. The number of nitrogens with zero attached hydrogens (tertiary/aromatic N) is 2. The van der Waals surface area contributed by atoms with Gasteiger partial charge in [-0.05, 0) is 31.2 Å². The smallest absolute Gasteiger partial charge is 0.242 e. The van der Waals surface area contributed by atoms with Crippen molar-refractivity contribution in [3.8, 4) is 17.1 Å². The first kappa shape index (κ1) is 17.1. The lowest BCUT2D eigenvalue weighted by Crippen LogP contribution is -2.23. The minimum atomic E-state index is -3.68. The Balaban J connectivity index is 1.67. The molecule has 3 aromatic rings. The van der Waals surface area contributed by atoms with Crippen molar-refractivity contribution in [3.05, 3.63) is 60.5 Å². The second-order valence-corrected chi connectivity index (χ2v) is 6.87. The standard InChI is InChI=1S/C17H17N3O4S/c1-2-23-14-8-10-15(11-9-14)25(21,22)18-12-16-19-17(20-24-16)13-6-4-3-5-7-13/h3-11,18H,2,12H2,1H3. The van der Waals surface area contributed by atoms with E-state index in [0.717, 1.165) is 5.56 Å². The van der Waals surface area contributed by atoms with Crippen molar-refractivity contribution in [3.63, 3.8) is 0 Å². The van der Waals surface area contributed by atoms with E-state index in [1.165, 1.54) is 12.1 Å². The van der Waals surface area contributed by atoms with Crippen LogP contribution in [0.4, 0.5) is 0 Å². The van der Waals surface area contributed by atoms with E-state index < -0.39 is 10.0 Å². The van der Waals surface area contributed by atoms with Crippen molar-refractivity contribution in [2.24, 2.45) is 0 Å². The summed E-state index contributed by atoms with van der Waals surface area (Å²) in [5, 5.41) is 3.85. The van der Waals surface area contributed by atoms with Crippen LogP contribution in [0.5, 0.6) is 5.75 Å². The molecule has 0 unspecified atom stereocenters. The number of sulfonamides is 1. The van der Waals surface area contributed by atoms with Gasteiger partial charge in [0.1, 0.15) is 5.75 Å². The summed E-state index contributed by atoms with van der Waals surface area (Å²) in [6.45, 7) is 2.29. The lowest BCUT2D eigenvalue weighted by atomic mass is 10.2. The van der Waals surface area contributed by atoms with Crippen molar-refractivity contribution in [1.29, 1.82) is 0 Å². The summed E-state index contributed by atoms with van der Waals surface area (Å²) in [5.74, 6) is 1.22. The fourth-order valence-corrected chi connectivity index (χ4v) is 3.13. The van der Waals surface area contributed by atoms with Crippen molar-refractivity contribution in [1.82, 2.24) is 14.9 Å². The van der Waals surface area contributed by atoms with Gasteiger partial charge in [0.05, 0.1) is 18.0 Å². The largest absolute Gasteiger partial charge is 0.494 e. The van der Waals surface area contributed by atoms with E-state index in [1.54, 1.807) is 12.1 Å². The van der Waals surface area contributed by atoms with Gasteiger partial charge in [-0.15, -0.1) is 0 Å². The topological polar surface area (TPSA) is 94.3 Å². The first-order valence-electron chi connectivity index (χ1n) is 7.69. The van der Waals surface area contributed by atoms with E-state index in [0.29, 0.717) is 18.2 Å².